The maximum Gasteiger partial charge on any atom is 0.342 e. The van der Waals surface area contributed by atoms with E-state index in [1.165, 1.54) is 6.08 Å². The molecule has 2 rings (SSSR count). The molecule has 0 aromatic heterocycles. The van der Waals surface area contributed by atoms with Gasteiger partial charge in [0, 0.05) is 10.6 Å². The van der Waals surface area contributed by atoms with Crippen LogP contribution in [0, 0.1) is 0 Å². The molecule has 19 heavy (non-hydrogen) atoms. The summed E-state index contributed by atoms with van der Waals surface area (Å²) in [6, 6.07) is 6.32. The van der Waals surface area contributed by atoms with E-state index in [-0.39, 0.29) is 11.4 Å². The summed E-state index contributed by atoms with van der Waals surface area (Å²) in [6.07, 6.45) is 1.27. The molecule has 0 spiro atoms. The minimum absolute atomic E-state index is 0.104. The van der Waals surface area contributed by atoms with Crippen molar-refractivity contribution >= 4 is 33.3 Å². The summed E-state index contributed by atoms with van der Waals surface area (Å²) >= 11 is 5.74. The molecule has 1 heterocycles. The predicted octanol–water partition coefficient (Wildman–Crippen LogP) is 0.422. The van der Waals surface area contributed by atoms with Gasteiger partial charge in [-0.05, 0) is 18.2 Å². The largest absolute Gasteiger partial charge is 0.388 e. The number of nitrogens with one attached hydrogen (secondary N) is 1. The number of hydrogen-bond donors (Lipinski definition) is 2. The third-order valence-electron chi connectivity index (χ3n) is 2.32. The summed E-state index contributed by atoms with van der Waals surface area (Å²) in [5, 5.41) is 9.26. The Balaban J connectivity index is 2.48. The van der Waals surface area contributed by atoms with Crippen LogP contribution in [-0.4, -0.2) is 31.6 Å². The lowest BCUT2D eigenvalue weighted by atomic mass is 10.1. The van der Waals surface area contributed by atoms with Crippen molar-refractivity contribution in [3.8, 4) is 0 Å². The van der Waals surface area contributed by atoms with Crippen LogP contribution in [0.2, 0.25) is 5.02 Å². The summed E-state index contributed by atoms with van der Waals surface area (Å²) in [5.74, 6) is -0.732. The summed E-state index contributed by atoms with van der Waals surface area (Å²) in [5.41, 5.74) is 0.382. The molecule has 8 heteroatoms. The molecule has 0 radical (unpaired) electrons. The number of carbonyl (C=O) groups excluding carboxylic acids is 1. The minimum Gasteiger partial charge on any atom is -0.388 e. The van der Waals surface area contributed by atoms with Gasteiger partial charge in [-0.1, -0.05) is 23.7 Å². The van der Waals surface area contributed by atoms with Gasteiger partial charge in [0.2, 0.25) is 5.78 Å². The highest BCUT2D eigenvalue weighted by Crippen LogP contribution is 2.15. The average molecular weight is 301 g/mol. The van der Waals surface area contributed by atoms with Crippen molar-refractivity contribution in [2.45, 2.75) is 0 Å². The predicted molar refractivity (Wildman–Crippen MR) is 70.2 cm³/mol. The van der Waals surface area contributed by atoms with Gasteiger partial charge in [-0.2, -0.15) is 8.42 Å². The van der Waals surface area contributed by atoms with Crippen LogP contribution in [0.5, 0.6) is 0 Å². The second-order valence-corrected chi connectivity index (χ2v) is 5.47. The van der Waals surface area contributed by atoms with Gasteiger partial charge in [-0.25, -0.2) is 0 Å². The van der Waals surface area contributed by atoms with Crippen molar-refractivity contribution in [2.75, 3.05) is 6.61 Å². The van der Waals surface area contributed by atoms with Crippen molar-refractivity contribution in [1.29, 1.82) is 0 Å². The Morgan fingerprint density at radius 1 is 1.32 bits per heavy atom. The van der Waals surface area contributed by atoms with Crippen LogP contribution < -0.4 is 4.72 Å². The van der Waals surface area contributed by atoms with Crippen molar-refractivity contribution < 1.29 is 18.3 Å². The van der Waals surface area contributed by atoms with Crippen LogP contribution in [0.4, 0.5) is 0 Å². The fourth-order valence-corrected chi connectivity index (χ4v) is 2.50. The molecular weight excluding hydrogens is 292 g/mol. The highest BCUT2D eigenvalue weighted by Gasteiger charge is 2.22. The molecule has 0 saturated carbocycles. The van der Waals surface area contributed by atoms with E-state index in [2.05, 4.69) is 4.40 Å². The average Bonchev–Trinajstić information content (AvgIpc) is 2.36. The van der Waals surface area contributed by atoms with E-state index in [0.717, 1.165) is 0 Å². The fourth-order valence-electron chi connectivity index (χ4n) is 1.46. The van der Waals surface area contributed by atoms with E-state index in [4.69, 9.17) is 16.7 Å². The first-order chi connectivity index (χ1) is 8.91. The van der Waals surface area contributed by atoms with Crippen LogP contribution in [0.3, 0.4) is 0 Å². The summed E-state index contributed by atoms with van der Waals surface area (Å²) in [4.78, 5) is 11.4. The van der Waals surface area contributed by atoms with Gasteiger partial charge in [0.05, 0.1) is 11.4 Å². The van der Waals surface area contributed by atoms with E-state index in [0.29, 0.717) is 10.6 Å². The molecule has 1 aliphatic rings. The number of carbonyl (C=O) groups is 1. The molecule has 0 aliphatic carbocycles. The monoisotopic (exact) mass is 300 g/mol. The Morgan fingerprint density at radius 2 is 1.95 bits per heavy atom. The first-order valence-electron chi connectivity index (χ1n) is 5.16. The number of aliphatic hydroxyl groups is 1. The van der Waals surface area contributed by atoms with Gasteiger partial charge < -0.3 is 5.11 Å². The molecule has 100 valence electrons. The topological polar surface area (TPSA) is 95.8 Å². The van der Waals surface area contributed by atoms with Crippen LogP contribution in [-0.2, 0) is 15.0 Å². The number of Topliss-reactive ketones (excluding diaryl/α,β-unsaturated/α-hetero) is 1. The lowest BCUT2D eigenvalue weighted by molar-refractivity contribution is -0.118. The van der Waals surface area contributed by atoms with E-state index >= 15 is 0 Å². The lowest BCUT2D eigenvalue weighted by Crippen LogP contribution is -2.32. The van der Waals surface area contributed by atoms with Gasteiger partial charge in [0.25, 0.3) is 0 Å². The third kappa shape index (κ3) is 3.19. The van der Waals surface area contributed by atoms with Gasteiger partial charge in [-0.15, -0.1) is 4.40 Å². The first kappa shape index (κ1) is 13.7. The minimum atomic E-state index is -3.99. The van der Waals surface area contributed by atoms with Crippen molar-refractivity contribution in [2.24, 2.45) is 4.40 Å². The SMILES string of the molecule is O=C(CO)C1=CC(c2ccc(Cl)cc2)=NS(=O)(=O)N1. The molecule has 1 aliphatic heterocycles. The Morgan fingerprint density at radius 3 is 2.53 bits per heavy atom. The zero-order valence-corrected chi connectivity index (χ0v) is 11.1. The van der Waals surface area contributed by atoms with Crippen molar-refractivity contribution in [3.63, 3.8) is 0 Å². The van der Waals surface area contributed by atoms with Gasteiger partial charge in [0.1, 0.15) is 6.61 Å². The number of benzene rings is 1. The molecule has 2 N–H and O–H groups in total. The van der Waals surface area contributed by atoms with Gasteiger partial charge in [-0.3, -0.25) is 9.52 Å². The second-order valence-electron chi connectivity index (χ2n) is 3.70. The smallest absolute Gasteiger partial charge is 0.342 e. The molecule has 1 aromatic rings. The highest BCUT2D eigenvalue weighted by atomic mass is 35.5. The summed E-state index contributed by atoms with van der Waals surface area (Å²) in [7, 11) is -3.99. The Bertz CT molecular complexity index is 677. The van der Waals surface area contributed by atoms with Crippen molar-refractivity contribution in [3.05, 3.63) is 46.6 Å². The molecular formula is C11H9ClN2O4S. The maximum atomic E-state index is 11.5. The number of hydrogen-bond acceptors (Lipinski definition) is 4. The first-order valence-corrected chi connectivity index (χ1v) is 6.97. The van der Waals surface area contributed by atoms with E-state index in [1.807, 2.05) is 4.72 Å². The van der Waals surface area contributed by atoms with Crippen LogP contribution in [0.25, 0.3) is 0 Å². The zero-order chi connectivity index (χ0) is 14.0. The number of halogens is 1. The highest BCUT2D eigenvalue weighted by molar-refractivity contribution is 7.88. The van der Waals surface area contributed by atoms with Gasteiger partial charge in [0.15, 0.2) is 0 Å². The van der Waals surface area contributed by atoms with E-state index < -0.39 is 22.6 Å². The standard InChI is InChI=1S/C11H9ClN2O4S/c12-8-3-1-7(2-4-8)9-5-10(11(16)6-15)14-19(17,18)13-9/h1-5,14-15H,6H2. The third-order valence-corrected chi connectivity index (χ3v) is 3.49. The Labute approximate surface area is 114 Å². The Kier molecular flexibility index (Phi) is 3.70. The summed E-state index contributed by atoms with van der Waals surface area (Å²) in [6.45, 7) is -0.789. The van der Waals surface area contributed by atoms with Gasteiger partial charge >= 0.3 is 10.2 Å². The molecule has 0 unspecified atom stereocenters. The van der Waals surface area contributed by atoms with E-state index in [9.17, 15) is 13.2 Å². The molecule has 0 fully saturated rings. The number of allylic oxidation sites excluding steroid dienone is 1. The number of aliphatic hydroxyl groups excluding tert-OH is 1. The molecule has 0 amide bonds. The maximum absolute atomic E-state index is 11.5. The lowest BCUT2D eigenvalue weighted by Gasteiger charge is -2.14. The second kappa shape index (κ2) is 5.12. The van der Waals surface area contributed by atoms with E-state index in [1.54, 1.807) is 24.3 Å². The summed E-state index contributed by atoms with van der Waals surface area (Å²) < 4.78 is 28.5. The van der Waals surface area contributed by atoms with Crippen molar-refractivity contribution in [1.82, 2.24) is 4.72 Å². The molecule has 0 saturated heterocycles. The van der Waals surface area contributed by atoms with Crippen LogP contribution in [0.1, 0.15) is 5.56 Å². The fraction of sp³-hybridized carbons (Fsp3) is 0.0909. The van der Waals surface area contributed by atoms with Crippen LogP contribution in [0.15, 0.2) is 40.4 Å². The molecule has 0 bridgehead atoms. The molecule has 0 atom stereocenters. The van der Waals surface area contributed by atoms with Crippen LogP contribution >= 0.6 is 11.6 Å². The normalized spacial score (nSPS) is 17.2. The molecule has 6 nitrogen and oxygen atoms in total. The number of nitrogens with zero attached hydrogens (tertiary/aromatic N) is 1. The number of rotatable bonds is 3. The number of ketones is 1. The quantitative estimate of drug-likeness (QED) is 0.845. The Hall–Kier alpha value is -1.70. The molecule has 1 aromatic carbocycles. The zero-order valence-electron chi connectivity index (χ0n) is 9.50.